The van der Waals surface area contributed by atoms with E-state index < -0.39 is 17.5 Å². The third kappa shape index (κ3) is 3.36. The summed E-state index contributed by atoms with van der Waals surface area (Å²) >= 11 is 0. The summed E-state index contributed by atoms with van der Waals surface area (Å²) in [5.74, 6) is -0.736. The third-order valence-corrected chi connectivity index (χ3v) is 1.21. The lowest BCUT2D eigenvalue weighted by molar-refractivity contribution is -0.138. The molecule has 0 spiro atoms. The maximum Gasteiger partial charge on any atom is 0.419 e. The molecule has 0 atom stereocenters. The smallest absolute Gasteiger partial charge is 0.419 e. The highest BCUT2D eigenvalue weighted by atomic mass is 19.4. The van der Waals surface area contributed by atoms with Crippen LogP contribution in [0.4, 0.5) is 13.2 Å². The average molecular weight is 192 g/mol. The first-order chi connectivity index (χ1) is 6.02. The highest BCUT2D eigenvalue weighted by molar-refractivity contribution is 5.33. The number of para-hydroxylation sites is 1. The molecular weight excluding hydrogens is 181 g/mol. The molecule has 0 saturated carbocycles. The number of aromatic hydroxyl groups is 1. The van der Waals surface area contributed by atoms with E-state index in [0.717, 1.165) is 12.1 Å². The second kappa shape index (κ2) is 4.74. The summed E-state index contributed by atoms with van der Waals surface area (Å²) in [4.78, 5) is 0. The van der Waals surface area contributed by atoms with Crippen LogP contribution in [0.5, 0.6) is 5.75 Å². The lowest BCUT2D eigenvalue weighted by atomic mass is 10.2. The molecule has 0 amide bonds. The second-order valence-electron chi connectivity index (χ2n) is 2.01. The molecule has 1 aromatic carbocycles. The standard InChI is InChI=1S/C7H5F3O.C2H6/c8-7(9,10)5-3-1-2-4-6(5)11;1-2/h1-4,11H;1-2H3. The van der Waals surface area contributed by atoms with Crippen molar-refractivity contribution < 1.29 is 18.3 Å². The molecule has 1 aromatic rings. The van der Waals surface area contributed by atoms with Crippen molar-refractivity contribution in [2.45, 2.75) is 20.0 Å². The van der Waals surface area contributed by atoms with E-state index in [0.29, 0.717) is 0 Å². The van der Waals surface area contributed by atoms with Gasteiger partial charge in [0.25, 0.3) is 0 Å². The molecule has 0 saturated heterocycles. The van der Waals surface area contributed by atoms with E-state index in [1.807, 2.05) is 13.8 Å². The molecule has 0 aliphatic heterocycles. The number of alkyl halides is 3. The van der Waals surface area contributed by atoms with Crippen LogP contribution >= 0.6 is 0 Å². The second-order valence-corrected chi connectivity index (χ2v) is 2.01. The first-order valence-electron chi connectivity index (χ1n) is 3.87. The Kier molecular flexibility index (Phi) is 4.31. The fraction of sp³-hybridized carbons (Fsp3) is 0.333. The first kappa shape index (κ1) is 11.8. The SMILES string of the molecule is CC.Oc1ccccc1C(F)(F)F. The van der Waals surface area contributed by atoms with Gasteiger partial charge in [0.2, 0.25) is 0 Å². The van der Waals surface area contributed by atoms with E-state index in [9.17, 15) is 13.2 Å². The number of phenolic OH excluding ortho intramolecular Hbond substituents is 1. The lowest BCUT2D eigenvalue weighted by Gasteiger charge is -2.06. The van der Waals surface area contributed by atoms with Crippen LogP contribution in [0.3, 0.4) is 0 Å². The summed E-state index contributed by atoms with van der Waals surface area (Å²) in [7, 11) is 0. The molecule has 0 aliphatic rings. The molecule has 1 N–H and O–H groups in total. The highest BCUT2D eigenvalue weighted by Crippen LogP contribution is 2.34. The number of phenols is 1. The Balaban J connectivity index is 0.000000671. The summed E-state index contributed by atoms with van der Waals surface area (Å²) in [6.45, 7) is 4.00. The van der Waals surface area contributed by atoms with Gasteiger partial charge in [0.05, 0.1) is 5.56 Å². The van der Waals surface area contributed by atoms with Crippen molar-refractivity contribution in [3.8, 4) is 5.75 Å². The van der Waals surface area contributed by atoms with Gasteiger partial charge in [-0.1, -0.05) is 26.0 Å². The number of hydrogen-bond acceptors (Lipinski definition) is 1. The maximum atomic E-state index is 11.9. The Morgan fingerprint density at radius 1 is 1.08 bits per heavy atom. The minimum atomic E-state index is -4.47. The molecule has 0 fully saturated rings. The van der Waals surface area contributed by atoms with Crippen LogP contribution in [-0.2, 0) is 6.18 Å². The van der Waals surface area contributed by atoms with Crippen molar-refractivity contribution in [3.63, 3.8) is 0 Å². The van der Waals surface area contributed by atoms with E-state index in [4.69, 9.17) is 5.11 Å². The molecule has 0 radical (unpaired) electrons. The molecule has 4 heteroatoms. The zero-order valence-corrected chi connectivity index (χ0v) is 7.39. The quantitative estimate of drug-likeness (QED) is 0.667. The van der Waals surface area contributed by atoms with Crippen LogP contribution < -0.4 is 0 Å². The van der Waals surface area contributed by atoms with Gasteiger partial charge in [0, 0.05) is 0 Å². The number of halogens is 3. The molecule has 0 bridgehead atoms. The zero-order chi connectivity index (χ0) is 10.5. The van der Waals surface area contributed by atoms with Crippen LogP contribution in [0.15, 0.2) is 24.3 Å². The average Bonchev–Trinajstić information content (AvgIpc) is 2.07. The highest BCUT2D eigenvalue weighted by Gasteiger charge is 2.33. The molecule has 74 valence electrons. The van der Waals surface area contributed by atoms with Crippen LogP contribution in [0.2, 0.25) is 0 Å². The monoisotopic (exact) mass is 192 g/mol. The topological polar surface area (TPSA) is 20.2 Å². The number of benzene rings is 1. The van der Waals surface area contributed by atoms with Crippen LogP contribution in [0, 0.1) is 0 Å². The normalized spacial score (nSPS) is 10.2. The zero-order valence-electron chi connectivity index (χ0n) is 7.39. The summed E-state index contributed by atoms with van der Waals surface area (Å²) < 4.78 is 35.7. The molecule has 0 unspecified atom stereocenters. The molecular formula is C9H11F3O. The number of rotatable bonds is 0. The van der Waals surface area contributed by atoms with E-state index in [1.165, 1.54) is 12.1 Å². The van der Waals surface area contributed by atoms with Gasteiger partial charge < -0.3 is 5.11 Å². The van der Waals surface area contributed by atoms with Gasteiger partial charge in [-0.15, -0.1) is 0 Å². The van der Waals surface area contributed by atoms with Gasteiger partial charge >= 0.3 is 6.18 Å². The maximum absolute atomic E-state index is 11.9. The number of hydrogen-bond donors (Lipinski definition) is 1. The Morgan fingerprint density at radius 2 is 1.54 bits per heavy atom. The van der Waals surface area contributed by atoms with Crippen molar-refractivity contribution in [1.29, 1.82) is 0 Å². The molecule has 0 heterocycles. The van der Waals surface area contributed by atoms with Gasteiger partial charge in [0.1, 0.15) is 5.75 Å². The molecule has 1 rings (SSSR count). The fourth-order valence-electron chi connectivity index (χ4n) is 0.713. The Labute approximate surface area is 74.8 Å². The summed E-state index contributed by atoms with van der Waals surface area (Å²) in [6, 6.07) is 4.39. The molecule has 1 nitrogen and oxygen atoms in total. The fourth-order valence-corrected chi connectivity index (χ4v) is 0.713. The van der Waals surface area contributed by atoms with Gasteiger partial charge in [0.15, 0.2) is 0 Å². The summed E-state index contributed by atoms with van der Waals surface area (Å²) in [5, 5.41) is 8.73. The van der Waals surface area contributed by atoms with Crippen molar-refractivity contribution in [1.82, 2.24) is 0 Å². The van der Waals surface area contributed by atoms with Crippen LogP contribution in [0.1, 0.15) is 19.4 Å². The lowest BCUT2D eigenvalue weighted by Crippen LogP contribution is -2.04. The third-order valence-electron chi connectivity index (χ3n) is 1.21. The van der Waals surface area contributed by atoms with E-state index in [2.05, 4.69) is 0 Å². The molecule has 0 aliphatic carbocycles. The van der Waals surface area contributed by atoms with Crippen molar-refractivity contribution >= 4 is 0 Å². The Hall–Kier alpha value is -1.19. The minimum absolute atomic E-state index is 0.736. The van der Waals surface area contributed by atoms with Gasteiger partial charge in [-0.3, -0.25) is 0 Å². The minimum Gasteiger partial charge on any atom is -0.507 e. The predicted molar refractivity (Wildman–Crippen MR) is 44.5 cm³/mol. The molecule has 0 aromatic heterocycles. The first-order valence-corrected chi connectivity index (χ1v) is 3.87. The van der Waals surface area contributed by atoms with Crippen LogP contribution in [0.25, 0.3) is 0 Å². The van der Waals surface area contributed by atoms with Gasteiger partial charge in [-0.25, -0.2) is 0 Å². The van der Waals surface area contributed by atoms with E-state index >= 15 is 0 Å². The predicted octanol–water partition coefficient (Wildman–Crippen LogP) is 3.44. The van der Waals surface area contributed by atoms with E-state index in [-0.39, 0.29) is 0 Å². The Morgan fingerprint density at radius 3 is 1.85 bits per heavy atom. The van der Waals surface area contributed by atoms with Crippen molar-refractivity contribution in [3.05, 3.63) is 29.8 Å². The van der Waals surface area contributed by atoms with Crippen molar-refractivity contribution in [2.75, 3.05) is 0 Å². The largest absolute Gasteiger partial charge is 0.507 e. The summed E-state index contributed by atoms with van der Waals surface area (Å²) in [5.41, 5.74) is -1.000. The Bertz CT molecular complexity index is 255. The van der Waals surface area contributed by atoms with Gasteiger partial charge in [-0.05, 0) is 12.1 Å². The van der Waals surface area contributed by atoms with Crippen molar-refractivity contribution in [2.24, 2.45) is 0 Å². The van der Waals surface area contributed by atoms with E-state index in [1.54, 1.807) is 0 Å². The van der Waals surface area contributed by atoms with Gasteiger partial charge in [-0.2, -0.15) is 13.2 Å². The molecule has 13 heavy (non-hydrogen) atoms. The van der Waals surface area contributed by atoms with Crippen LogP contribution in [-0.4, -0.2) is 5.11 Å². The summed E-state index contributed by atoms with van der Waals surface area (Å²) in [6.07, 6.45) is -4.47.